The highest BCUT2D eigenvalue weighted by atomic mass is 32.1. The summed E-state index contributed by atoms with van der Waals surface area (Å²) in [4.78, 5) is 28.5. The van der Waals surface area contributed by atoms with Gasteiger partial charge in [-0.2, -0.15) is 0 Å². The van der Waals surface area contributed by atoms with Crippen LogP contribution in [0.25, 0.3) is 26.6 Å². The summed E-state index contributed by atoms with van der Waals surface area (Å²) < 4.78 is 12.4. The number of ether oxygens (including phenoxy) is 1. The van der Waals surface area contributed by atoms with Crippen LogP contribution in [-0.2, 0) is 0 Å². The Labute approximate surface area is 201 Å². The summed E-state index contributed by atoms with van der Waals surface area (Å²) in [6, 6.07) is 14.0. The number of rotatable bonds is 6. The van der Waals surface area contributed by atoms with Gasteiger partial charge in [0.2, 0.25) is 11.7 Å². The SMILES string of the molecule is COc1ccc(-c2c(C(=O)c3ccc(C)o3)c(O)c(O)n2-c2nc3ccc([N+](=O)[O-])cc3s2)cc1. The lowest BCUT2D eigenvalue weighted by molar-refractivity contribution is -0.384. The van der Waals surface area contributed by atoms with Gasteiger partial charge in [-0.05, 0) is 55.0 Å². The minimum Gasteiger partial charge on any atom is -0.503 e. The first kappa shape index (κ1) is 22.2. The predicted molar refractivity (Wildman–Crippen MR) is 128 cm³/mol. The van der Waals surface area contributed by atoms with Crippen LogP contribution in [-0.4, -0.2) is 37.6 Å². The molecule has 0 radical (unpaired) electrons. The van der Waals surface area contributed by atoms with Gasteiger partial charge in [-0.15, -0.1) is 0 Å². The van der Waals surface area contributed by atoms with Gasteiger partial charge in [0.05, 0.1) is 33.5 Å². The van der Waals surface area contributed by atoms with Crippen LogP contribution in [0.3, 0.4) is 0 Å². The van der Waals surface area contributed by atoms with Crippen molar-refractivity contribution in [2.24, 2.45) is 0 Å². The summed E-state index contributed by atoms with van der Waals surface area (Å²) in [7, 11) is 1.52. The second kappa shape index (κ2) is 8.29. The van der Waals surface area contributed by atoms with E-state index in [4.69, 9.17) is 9.15 Å². The van der Waals surface area contributed by atoms with Crippen molar-refractivity contribution in [2.45, 2.75) is 6.92 Å². The molecule has 3 heterocycles. The van der Waals surface area contributed by atoms with Gasteiger partial charge in [0.25, 0.3) is 5.69 Å². The molecule has 0 atom stereocenters. The molecular formula is C24H17N3O7S. The summed E-state index contributed by atoms with van der Waals surface area (Å²) in [5, 5.41) is 33.2. The highest BCUT2D eigenvalue weighted by Crippen LogP contribution is 2.45. The number of thiazole rings is 1. The fraction of sp³-hybridized carbons (Fsp3) is 0.0833. The third-order valence-electron chi connectivity index (χ3n) is 5.44. The van der Waals surface area contributed by atoms with E-state index in [1.54, 1.807) is 37.3 Å². The minimum absolute atomic E-state index is 0.00960. The molecule has 2 aromatic carbocycles. The topological polar surface area (TPSA) is 141 Å². The molecule has 0 aliphatic carbocycles. The van der Waals surface area contributed by atoms with E-state index >= 15 is 0 Å². The van der Waals surface area contributed by atoms with E-state index in [9.17, 15) is 25.1 Å². The number of aromatic hydroxyl groups is 2. The maximum absolute atomic E-state index is 13.4. The molecule has 0 bridgehead atoms. The zero-order valence-electron chi connectivity index (χ0n) is 18.4. The fourth-order valence-corrected chi connectivity index (χ4v) is 4.77. The second-order valence-corrected chi connectivity index (χ2v) is 8.61. The second-order valence-electron chi connectivity index (χ2n) is 7.60. The molecule has 0 fully saturated rings. The molecule has 176 valence electrons. The molecule has 35 heavy (non-hydrogen) atoms. The first-order chi connectivity index (χ1) is 16.8. The average molecular weight is 491 g/mol. The van der Waals surface area contributed by atoms with Gasteiger partial charge in [0.15, 0.2) is 16.6 Å². The molecule has 2 N–H and O–H groups in total. The number of non-ortho nitro benzene ring substituents is 1. The molecule has 0 saturated heterocycles. The summed E-state index contributed by atoms with van der Waals surface area (Å²) in [6.45, 7) is 1.68. The van der Waals surface area contributed by atoms with Crippen LogP contribution in [0.4, 0.5) is 5.69 Å². The first-order valence-electron chi connectivity index (χ1n) is 10.3. The van der Waals surface area contributed by atoms with E-state index in [2.05, 4.69) is 4.98 Å². The first-order valence-corrected chi connectivity index (χ1v) is 11.1. The number of nitro groups is 1. The number of furan rings is 1. The predicted octanol–water partition coefficient (Wildman–Crippen LogP) is 5.21. The number of aryl methyl sites for hydroxylation is 1. The molecule has 11 heteroatoms. The van der Waals surface area contributed by atoms with Crippen LogP contribution >= 0.6 is 11.3 Å². The summed E-state index contributed by atoms with van der Waals surface area (Å²) in [5.41, 5.74) is 0.839. The molecule has 0 spiro atoms. The number of aromatic nitrogens is 2. The van der Waals surface area contributed by atoms with E-state index < -0.39 is 22.3 Å². The van der Waals surface area contributed by atoms with E-state index in [0.29, 0.717) is 27.3 Å². The maximum atomic E-state index is 13.4. The van der Waals surface area contributed by atoms with Gasteiger partial charge in [0, 0.05) is 12.1 Å². The number of hydrogen-bond acceptors (Lipinski definition) is 9. The number of carbonyl (C=O) groups excluding carboxylic acids is 1. The van der Waals surface area contributed by atoms with E-state index in [0.717, 1.165) is 11.3 Å². The Hall–Kier alpha value is -4.64. The Morgan fingerprint density at radius 3 is 2.51 bits per heavy atom. The number of hydrogen-bond donors (Lipinski definition) is 2. The van der Waals surface area contributed by atoms with Gasteiger partial charge in [-0.25, -0.2) is 4.98 Å². The number of benzene rings is 2. The van der Waals surface area contributed by atoms with E-state index in [1.165, 1.54) is 35.9 Å². The molecule has 0 saturated carbocycles. The van der Waals surface area contributed by atoms with Gasteiger partial charge in [-0.1, -0.05) is 11.3 Å². The van der Waals surface area contributed by atoms with Crippen LogP contribution in [0.2, 0.25) is 0 Å². The lowest BCUT2D eigenvalue weighted by Crippen LogP contribution is -2.04. The molecular weight excluding hydrogens is 474 g/mol. The largest absolute Gasteiger partial charge is 0.503 e. The fourth-order valence-electron chi connectivity index (χ4n) is 3.76. The van der Waals surface area contributed by atoms with Gasteiger partial charge in [0.1, 0.15) is 11.5 Å². The Balaban J connectivity index is 1.78. The minimum atomic E-state index is -0.639. The monoisotopic (exact) mass is 491 g/mol. The average Bonchev–Trinajstić information content (AvgIpc) is 3.54. The van der Waals surface area contributed by atoms with Gasteiger partial charge >= 0.3 is 0 Å². The number of carbonyl (C=O) groups is 1. The molecule has 0 amide bonds. The number of methoxy groups -OCH3 is 1. The Morgan fingerprint density at radius 1 is 1.14 bits per heavy atom. The van der Waals surface area contributed by atoms with Crippen molar-refractivity contribution >= 4 is 33.0 Å². The van der Waals surface area contributed by atoms with Crippen molar-refractivity contribution in [1.82, 2.24) is 9.55 Å². The molecule has 0 unspecified atom stereocenters. The van der Waals surface area contributed by atoms with E-state index in [-0.39, 0.29) is 27.8 Å². The molecule has 0 aliphatic rings. The molecule has 5 aromatic rings. The molecule has 5 rings (SSSR count). The highest BCUT2D eigenvalue weighted by molar-refractivity contribution is 7.20. The third kappa shape index (κ3) is 3.67. The Bertz CT molecular complexity index is 1610. The lowest BCUT2D eigenvalue weighted by atomic mass is 10.0. The number of nitro benzene ring substituents is 1. The summed E-state index contributed by atoms with van der Waals surface area (Å²) >= 11 is 1.06. The van der Waals surface area contributed by atoms with Gasteiger partial charge < -0.3 is 19.4 Å². The number of nitrogens with zero attached hydrogens (tertiary/aromatic N) is 3. The molecule has 0 aliphatic heterocycles. The van der Waals surface area contributed by atoms with Gasteiger partial charge in [-0.3, -0.25) is 19.5 Å². The number of ketones is 1. The molecule has 10 nitrogen and oxygen atoms in total. The van der Waals surface area contributed by atoms with Crippen LogP contribution < -0.4 is 4.74 Å². The lowest BCUT2D eigenvalue weighted by Gasteiger charge is -2.09. The summed E-state index contributed by atoms with van der Waals surface area (Å²) in [6.07, 6.45) is 0. The zero-order valence-corrected chi connectivity index (χ0v) is 19.2. The van der Waals surface area contributed by atoms with Crippen LogP contribution in [0, 0.1) is 17.0 Å². The van der Waals surface area contributed by atoms with Crippen molar-refractivity contribution in [3.63, 3.8) is 0 Å². The van der Waals surface area contributed by atoms with Crippen LogP contribution in [0.1, 0.15) is 21.9 Å². The maximum Gasteiger partial charge on any atom is 0.270 e. The van der Waals surface area contributed by atoms with Crippen molar-refractivity contribution in [1.29, 1.82) is 0 Å². The van der Waals surface area contributed by atoms with Crippen molar-refractivity contribution in [3.05, 3.63) is 81.8 Å². The smallest absolute Gasteiger partial charge is 0.270 e. The normalized spacial score (nSPS) is 11.1. The third-order valence-corrected chi connectivity index (χ3v) is 6.44. The van der Waals surface area contributed by atoms with Crippen LogP contribution in [0.5, 0.6) is 17.4 Å². The van der Waals surface area contributed by atoms with Crippen molar-refractivity contribution < 1.29 is 29.1 Å². The zero-order chi connectivity index (χ0) is 24.9. The standard InChI is InChI=1S/C24H17N3O7S/c1-12-3-10-17(34-12)21(28)19-20(13-4-7-15(33-2)8-5-13)26(23(30)22(19)29)24-25-16-9-6-14(27(31)32)11-18(16)35-24/h3-11,29-30H,1-2H3. The Morgan fingerprint density at radius 2 is 1.89 bits per heavy atom. The highest BCUT2D eigenvalue weighted by Gasteiger charge is 2.32. The molecule has 3 aromatic heterocycles. The Kier molecular flexibility index (Phi) is 5.25. The van der Waals surface area contributed by atoms with E-state index in [1.807, 2.05) is 0 Å². The quantitative estimate of drug-likeness (QED) is 0.187. The number of fused-ring (bicyclic) bond motifs is 1. The van der Waals surface area contributed by atoms with Crippen LogP contribution in [0.15, 0.2) is 59.0 Å². The van der Waals surface area contributed by atoms with Crippen molar-refractivity contribution in [2.75, 3.05) is 7.11 Å². The van der Waals surface area contributed by atoms with Crippen molar-refractivity contribution in [3.8, 4) is 33.8 Å². The summed E-state index contributed by atoms with van der Waals surface area (Å²) in [5.74, 6) is -0.801.